The maximum absolute atomic E-state index is 14.0. The first-order chi connectivity index (χ1) is 19.0. The maximum atomic E-state index is 14.0. The van der Waals surface area contributed by atoms with E-state index in [1.54, 1.807) is 13.8 Å². The lowest BCUT2D eigenvalue weighted by Crippen LogP contribution is -2.49. The molecule has 6 rings (SSSR count). The summed E-state index contributed by atoms with van der Waals surface area (Å²) < 4.78 is 61.9. The van der Waals surface area contributed by atoms with Gasteiger partial charge in [0.1, 0.15) is 17.7 Å². The number of likely N-dealkylation sites (tertiary alicyclic amines) is 1. The van der Waals surface area contributed by atoms with E-state index < -0.39 is 35.5 Å². The molecular formula is C32H37F4NO3. The molecule has 0 aromatic heterocycles. The second-order valence-electron chi connectivity index (χ2n) is 12.6. The van der Waals surface area contributed by atoms with Gasteiger partial charge < -0.3 is 9.84 Å². The van der Waals surface area contributed by atoms with Crippen LogP contribution in [0.3, 0.4) is 0 Å². The fourth-order valence-electron chi connectivity index (χ4n) is 8.02. The van der Waals surface area contributed by atoms with Crippen molar-refractivity contribution < 1.29 is 32.2 Å². The van der Waals surface area contributed by atoms with Crippen LogP contribution < -0.4 is 4.74 Å². The van der Waals surface area contributed by atoms with Gasteiger partial charge >= 0.3 is 12.1 Å². The number of carbonyl (C=O) groups is 1. The zero-order chi connectivity index (χ0) is 28.3. The van der Waals surface area contributed by atoms with E-state index in [-0.39, 0.29) is 17.6 Å². The lowest BCUT2D eigenvalue weighted by molar-refractivity contribution is -0.142. The average Bonchev–Trinajstić information content (AvgIpc) is 3.71. The quantitative estimate of drug-likeness (QED) is 0.358. The molecule has 2 aromatic carbocycles. The van der Waals surface area contributed by atoms with Crippen LogP contribution in [0.1, 0.15) is 80.2 Å². The van der Waals surface area contributed by atoms with Crippen LogP contribution in [0.15, 0.2) is 36.4 Å². The predicted octanol–water partition coefficient (Wildman–Crippen LogP) is 7.47. The van der Waals surface area contributed by atoms with Gasteiger partial charge in [0.05, 0.1) is 11.5 Å². The number of benzene rings is 2. The number of alkyl halides is 3. The highest BCUT2D eigenvalue weighted by atomic mass is 19.4. The van der Waals surface area contributed by atoms with Gasteiger partial charge in [-0.15, -0.1) is 0 Å². The fraction of sp³-hybridized carbons (Fsp3) is 0.594. The summed E-state index contributed by atoms with van der Waals surface area (Å²) in [6.07, 6.45) is 1.45. The molecule has 8 heteroatoms. The summed E-state index contributed by atoms with van der Waals surface area (Å²) in [4.78, 5) is 13.9. The van der Waals surface area contributed by atoms with Crippen molar-refractivity contribution in [3.63, 3.8) is 0 Å². The summed E-state index contributed by atoms with van der Waals surface area (Å²) in [6, 6.07) is 8.49. The van der Waals surface area contributed by atoms with Crippen molar-refractivity contribution in [2.24, 2.45) is 29.6 Å². The van der Waals surface area contributed by atoms with Gasteiger partial charge in [-0.2, -0.15) is 13.2 Å². The third-order valence-electron chi connectivity index (χ3n) is 10.2. The van der Waals surface area contributed by atoms with E-state index in [0.717, 1.165) is 73.6 Å². The second kappa shape index (κ2) is 10.3. The Morgan fingerprint density at radius 1 is 1.00 bits per heavy atom. The number of rotatable bonds is 7. The zero-order valence-electron chi connectivity index (χ0n) is 23.0. The number of carboxylic acid groups (broad SMARTS) is 1. The van der Waals surface area contributed by atoms with Gasteiger partial charge in [-0.1, -0.05) is 19.1 Å². The Labute approximate surface area is 232 Å². The van der Waals surface area contributed by atoms with E-state index in [2.05, 4.69) is 23.1 Å². The molecule has 1 N–H and O–H groups in total. The SMILES string of the molecule is C[C@H](C(=O)O)[C@H](c1ccc2c(c1)OC(C1[C@@H]3CC[C@H]1CN([C@@H](C)c1cc(F)ccc1C(F)(F)F)C3)CC2)C1CC1. The molecule has 40 heavy (non-hydrogen) atoms. The molecule has 2 heterocycles. The van der Waals surface area contributed by atoms with E-state index in [4.69, 9.17) is 4.74 Å². The first-order valence-corrected chi connectivity index (χ1v) is 14.6. The molecule has 2 aromatic rings. The standard InChI is InChI=1S/C32H37F4NO3/c1-17(31(38)39)29(20-4-5-20)21-6-3-19-9-12-27(40-28(19)13-21)30-22-7-8-23(30)16-37(15-22)18(2)25-14-24(33)10-11-26(25)32(34,35)36/h3,6,10-11,13-14,17-18,20,22-23,27,29-30H,4-5,7-9,12,15-16H2,1-2H3,(H,38,39)/t17-,18-,22-,23+,27?,29-,30?/m0/s1. The van der Waals surface area contributed by atoms with Gasteiger partial charge in [0.15, 0.2) is 0 Å². The van der Waals surface area contributed by atoms with Crippen LogP contribution in [0.2, 0.25) is 0 Å². The number of hydrogen-bond donors (Lipinski definition) is 1. The summed E-state index contributed by atoms with van der Waals surface area (Å²) in [5.74, 6) is 0.320. The van der Waals surface area contributed by atoms with Crippen LogP contribution in [0.25, 0.3) is 0 Å². The number of hydrogen-bond acceptors (Lipinski definition) is 3. The largest absolute Gasteiger partial charge is 0.490 e. The summed E-state index contributed by atoms with van der Waals surface area (Å²) >= 11 is 0. The molecule has 2 unspecified atom stereocenters. The minimum atomic E-state index is -4.53. The minimum absolute atomic E-state index is 0.00142. The molecule has 4 aliphatic rings. The lowest BCUT2D eigenvalue weighted by Gasteiger charge is -2.45. The van der Waals surface area contributed by atoms with Crippen LogP contribution in [0, 0.1) is 35.4 Å². The number of nitrogens with zero attached hydrogens (tertiary/aromatic N) is 1. The Morgan fingerprint density at radius 3 is 2.33 bits per heavy atom. The summed E-state index contributed by atoms with van der Waals surface area (Å²) in [5.41, 5.74) is 1.43. The molecule has 216 valence electrons. The highest BCUT2D eigenvalue weighted by Crippen LogP contribution is 2.51. The zero-order valence-corrected chi connectivity index (χ0v) is 23.0. The normalized spacial score (nSPS) is 28.9. The van der Waals surface area contributed by atoms with Crippen LogP contribution in [-0.2, 0) is 17.4 Å². The summed E-state index contributed by atoms with van der Waals surface area (Å²) in [6.45, 7) is 4.89. The molecular weight excluding hydrogens is 522 g/mol. The van der Waals surface area contributed by atoms with Crippen molar-refractivity contribution in [3.05, 3.63) is 64.5 Å². The van der Waals surface area contributed by atoms with Gasteiger partial charge in [0.2, 0.25) is 0 Å². The second-order valence-corrected chi connectivity index (χ2v) is 12.6. The first kappa shape index (κ1) is 27.6. The summed E-state index contributed by atoms with van der Waals surface area (Å²) in [7, 11) is 0. The van der Waals surface area contributed by atoms with Crippen LogP contribution in [0.4, 0.5) is 17.6 Å². The highest BCUT2D eigenvalue weighted by Gasteiger charge is 2.49. The molecule has 0 amide bonds. The van der Waals surface area contributed by atoms with Gasteiger partial charge in [-0.3, -0.25) is 9.69 Å². The number of piperidine rings is 1. The maximum Gasteiger partial charge on any atom is 0.416 e. The van der Waals surface area contributed by atoms with Crippen molar-refractivity contribution in [2.75, 3.05) is 13.1 Å². The number of carboxylic acids is 1. The monoisotopic (exact) mass is 559 g/mol. The molecule has 2 aliphatic carbocycles. The Morgan fingerprint density at radius 2 is 1.70 bits per heavy atom. The van der Waals surface area contributed by atoms with Crippen LogP contribution in [-0.4, -0.2) is 35.2 Å². The van der Waals surface area contributed by atoms with Crippen molar-refractivity contribution >= 4 is 5.97 Å². The number of aliphatic carboxylic acids is 1. The lowest BCUT2D eigenvalue weighted by atomic mass is 9.77. The molecule has 0 spiro atoms. The van der Waals surface area contributed by atoms with E-state index in [1.807, 2.05) is 0 Å². The smallest absolute Gasteiger partial charge is 0.416 e. The molecule has 0 radical (unpaired) electrons. The van der Waals surface area contributed by atoms with Crippen molar-refractivity contribution in [1.82, 2.24) is 4.90 Å². The van der Waals surface area contributed by atoms with E-state index in [0.29, 0.717) is 36.8 Å². The third-order valence-corrected chi connectivity index (χ3v) is 10.2. The number of ether oxygens (including phenoxy) is 1. The van der Waals surface area contributed by atoms with Crippen molar-refractivity contribution in [2.45, 2.75) is 76.6 Å². The Balaban J connectivity index is 1.19. The third kappa shape index (κ3) is 5.12. The minimum Gasteiger partial charge on any atom is -0.490 e. The van der Waals surface area contributed by atoms with Gasteiger partial charge in [0.25, 0.3) is 0 Å². The van der Waals surface area contributed by atoms with Gasteiger partial charge in [-0.25, -0.2) is 4.39 Å². The molecule has 2 saturated carbocycles. The molecule has 1 saturated heterocycles. The molecule has 2 aliphatic heterocycles. The van der Waals surface area contributed by atoms with E-state index >= 15 is 0 Å². The van der Waals surface area contributed by atoms with Crippen molar-refractivity contribution in [1.29, 1.82) is 0 Å². The van der Waals surface area contributed by atoms with E-state index in [1.165, 1.54) is 0 Å². The topological polar surface area (TPSA) is 49.8 Å². The average molecular weight is 560 g/mol. The first-order valence-electron chi connectivity index (χ1n) is 14.6. The molecule has 2 bridgehead atoms. The number of halogens is 4. The highest BCUT2D eigenvalue weighted by molar-refractivity contribution is 5.71. The predicted molar refractivity (Wildman–Crippen MR) is 143 cm³/mol. The summed E-state index contributed by atoms with van der Waals surface area (Å²) in [5, 5.41) is 9.70. The van der Waals surface area contributed by atoms with E-state index in [9.17, 15) is 27.5 Å². The Hall–Kier alpha value is -2.61. The van der Waals surface area contributed by atoms with Crippen LogP contribution in [0.5, 0.6) is 5.75 Å². The molecule has 4 nitrogen and oxygen atoms in total. The number of aryl methyl sites for hydroxylation is 1. The Bertz CT molecular complexity index is 1260. The molecule has 3 fully saturated rings. The van der Waals surface area contributed by atoms with Gasteiger partial charge in [-0.05, 0) is 110 Å². The molecule has 7 atom stereocenters. The van der Waals surface area contributed by atoms with Crippen LogP contribution >= 0.6 is 0 Å². The number of fused-ring (bicyclic) bond motifs is 3. The van der Waals surface area contributed by atoms with Gasteiger partial charge in [0, 0.05) is 25.0 Å². The van der Waals surface area contributed by atoms with Crippen molar-refractivity contribution in [3.8, 4) is 5.75 Å². The fourth-order valence-corrected chi connectivity index (χ4v) is 8.02. The Kier molecular flexibility index (Phi) is 7.12.